The largest absolute Gasteiger partial charge is 0.328 e. The van der Waals surface area contributed by atoms with Crippen molar-refractivity contribution in [3.05, 3.63) is 68.2 Å². The summed E-state index contributed by atoms with van der Waals surface area (Å²) in [5.41, 5.74) is -0.973. The van der Waals surface area contributed by atoms with E-state index in [1.165, 1.54) is 37.4 Å². The van der Waals surface area contributed by atoms with Gasteiger partial charge in [0.2, 0.25) is 0 Å². The molecule has 0 spiro atoms. The van der Waals surface area contributed by atoms with E-state index in [1.54, 1.807) is 0 Å². The van der Waals surface area contributed by atoms with Crippen LogP contribution in [0.25, 0.3) is 0 Å². The summed E-state index contributed by atoms with van der Waals surface area (Å²) in [5.74, 6) is -1.17. The van der Waals surface area contributed by atoms with Crippen LogP contribution in [0.5, 0.6) is 0 Å². The first-order valence-corrected chi connectivity index (χ1v) is 5.57. The van der Waals surface area contributed by atoms with Crippen LogP contribution < -0.4 is 11.2 Å². The van der Waals surface area contributed by atoms with Crippen LogP contribution in [0, 0.1) is 12.7 Å². The molecule has 0 atom stereocenters. The molecule has 2 aromatic rings. The molecular formula is C13H11FN2O3. The Balaban J connectivity index is 2.35. The fourth-order valence-electron chi connectivity index (χ4n) is 1.66. The highest BCUT2D eigenvalue weighted by Gasteiger charge is 2.12. The third-order valence-electron chi connectivity index (χ3n) is 2.68. The Morgan fingerprint density at radius 3 is 2.68 bits per heavy atom. The van der Waals surface area contributed by atoms with E-state index in [1.807, 2.05) is 0 Å². The van der Waals surface area contributed by atoms with Gasteiger partial charge in [-0.1, -0.05) is 12.1 Å². The van der Waals surface area contributed by atoms with Gasteiger partial charge in [0.15, 0.2) is 5.78 Å². The SMILES string of the molecule is Cc1cn(CC(=O)c2ccccc2F)c(=O)[nH]c1=O. The number of ketones is 1. The monoisotopic (exact) mass is 262 g/mol. The van der Waals surface area contributed by atoms with Gasteiger partial charge < -0.3 is 0 Å². The molecule has 0 radical (unpaired) electrons. The van der Waals surface area contributed by atoms with Crippen molar-refractivity contribution in [1.29, 1.82) is 0 Å². The van der Waals surface area contributed by atoms with Crippen LogP contribution >= 0.6 is 0 Å². The lowest BCUT2D eigenvalue weighted by Crippen LogP contribution is -2.32. The van der Waals surface area contributed by atoms with Crippen molar-refractivity contribution in [3.8, 4) is 0 Å². The Bertz CT molecular complexity index is 746. The first-order chi connectivity index (χ1) is 8.99. The number of hydrogen-bond acceptors (Lipinski definition) is 3. The van der Waals surface area contributed by atoms with E-state index < -0.39 is 22.8 Å². The van der Waals surface area contributed by atoms with Crippen molar-refractivity contribution in [2.45, 2.75) is 13.5 Å². The molecule has 6 heteroatoms. The molecule has 0 saturated carbocycles. The van der Waals surface area contributed by atoms with Gasteiger partial charge in [0.25, 0.3) is 5.56 Å². The van der Waals surface area contributed by atoms with Crippen LogP contribution in [0.15, 0.2) is 40.1 Å². The third-order valence-corrected chi connectivity index (χ3v) is 2.68. The number of carbonyl (C=O) groups is 1. The first kappa shape index (κ1) is 12.9. The minimum atomic E-state index is -0.694. The number of aryl methyl sites for hydroxylation is 1. The normalized spacial score (nSPS) is 10.4. The number of benzene rings is 1. The van der Waals surface area contributed by atoms with Gasteiger partial charge in [0.1, 0.15) is 5.82 Å². The maximum absolute atomic E-state index is 13.4. The van der Waals surface area contributed by atoms with Crippen molar-refractivity contribution < 1.29 is 9.18 Å². The van der Waals surface area contributed by atoms with Crippen LogP contribution in [0.1, 0.15) is 15.9 Å². The third kappa shape index (κ3) is 2.67. The van der Waals surface area contributed by atoms with Crippen LogP contribution in [0.3, 0.4) is 0 Å². The fourth-order valence-corrected chi connectivity index (χ4v) is 1.66. The maximum Gasteiger partial charge on any atom is 0.328 e. The molecule has 1 aromatic heterocycles. The first-order valence-electron chi connectivity index (χ1n) is 5.57. The smallest absolute Gasteiger partial charge is 0.293 e. The molecular weight excluding hydrogens is 251 g/mol. The fraction of sp³-hybridized carbons (Fsp3) is 0.154. The lowest BCUT2D eigenvalue weighted by molar-refractivity contribution is 0.0966. The molecule has 98 valence electrons. The summed E-state index contributed by atoms with van der Waals surface area (Å²) in [5, 5.41) is 0. The maximum atomic E-state index is 13.4. The molecule has 0 unspecified atom stereocenters. The lowest BCUT2D eigenvalue weighted by atomic mass is 10.1. The molecule has 0 fully saturated rings. The molecule has 0 amide bonds. The molecule has 5 nitrogen and oxygen atoms in total. The number of halogens is 1. The number of rotatable bonds is 3. The van der Waals surface area contributed by atoms with Gasteiger partial charge in [-0.2, -0.15) is 0 Å². The Hall–Kier alpha value is -2.50. The molecule has 0 aliphatic heterocycles. The summed E-state index contributed by atoms with van der Waals surface area (Å²) in [7, 11) is 0. The summed E-state index contributed by atoms with van der Waals surface area (Å²) >= 11 is 0. The number of nitrogens with zero attached hydrogens (tertiary/aromatic N) is 1. The zero-order chi connectivity index (χ0) is 14.0. The second-order valence-corrected chi connectivity index (χ2v) is 4.10. The average molecular weight is 262 g/mol. The predicted molar refractivity (Wildman–Crippen MR) is 66.8 cm³/mol. The lowest BCUT2D eigenvalue weighted by Gasteiger charge is -2.06. The number of aromatic amines is 1. The van der Waals surface area contributed by atoms with Crippen LogP contribution in [0.2, 0.25) is 0 Å². The number of hydrogen-bond donors (Lipinski definition) is 1. The second kappa shape index (κ2) is 5.01. The Kier molecular flexibility index (Phi) is 3.41. The minimum absolute atomic E-state index is 0.0850. The molecule has 0 aliphatic rings. The van der Waals surface area contributed by atoms with E-state index in [2.05, 4.69) is 4.98 Å². The molecule has 2 rings (SSSR count). The van der Waals surface area contributed by atoms with Gasteiger partial charge in [-0.3, -0.25) is 19.1 Å². The summed E-state index contributed by atoms with van der Waals surface area (Å²) in [4.78, 5) is 36.7. The van der Waals surface area contributed by atoms with Gasteiger partial charge >= 0.3 is 5.69 Å². The standard InChI is InChI=1S/C13H11FN2O3/c1-8-6-16(13(19)15-12(8)18)7-11(17)9-4-2-3-5-10(9)14/h2-6H,7H2,1H3,(H,15,18,19). The summed E-state index contributed by atoms with van der Waals surface area (Å²) in [6, 6.07) is 5.54. The molecule has 0 saturated heterocycles. The van der Waals surface area contributed by atoms with Crippen molar-refractivity contribution in [2.24, 2.45) is 0 Å². The number of carbonyl (C=O) groups excluding carboxylic acids is 1. The predicted octanol–water partition coefficient (Wildman–Crippen LogP) is 0.867. The number of H-pyrrole nitrogens is 1. The van der Waals surface area contributed by atoms with Crippen LogP contribution in [-0.2, 0) is 6.54 Å². The van der Waals surface area contributed by atoms with Gasteiger partial charge in [-0.25, -0.2) is 9.18 Å². The van der Waals surface area contributed by atoms with Crippen molar-refractivity contribution >= 4 is 5.78 Å². The molecule has 0 aliphatic carbocycles. The molecule has 19 heavy (non-hydrogen) atoms. The summed E-state index contributed by atoms with van der Waals surface area (Å²) < 4.78 is 14.5. The highest BCUT2D eigenvalue weighted by atomic mass is 19.1. The van der Waals surface area contributed by atoms with Crippen LogP contribution in [-0.4, -0.2) is 15.3 Å². The number of aromatic nitrogens is 2. The van der Waals surface area contributed by atoms with E-state index in [0.717, 1.165) is 4.57 Å². The Morgan fingerprint density at radius 1 is 1.32 bits per heavy atom. The van der Waals surface area contributed by atoms with E-state index >= 15 is 0 Å². The van der Waals surface area contributed by atoms with Crippen LogP contribution in [0.4, 0.5) is 4.39 Å². The van der Waals surface area contributed by atoms with E-state index in [-0.39, 0.29) is 12.1 Å². The number of nitrogens with one attached hydrogen (secondary N) is 1. The zero-order valence-corrected chi connectivity index (χ0v) is 10.1. The van der Waals surface area contributed by atoms with Gasteiger partial charge in [0, 0.05) is 11.8 Å². The summed E-state index contributed by atoms with van der Waals surface area (Å²) in [6.07, 6.45) is 1.28. The van der Waals surface area contributed by atoms with E-state index in [9.17, 15) is 18.8 Å². The zero-order valence-electron chi connectivity index (χ0n) is 10.1. The molecule has 1 heterocycles. The molecule has 1 aromatic carbocycles. The summed E-state index contributed by atoms with van der Waals surface area (Å²) in [6.45, 7) is 1.19. The van der Waals surface area contributed by atoms with Gasteiger partial charge in [-0.15, -0.1) is 0 Å². The van der Waals surface area contributed by atoms with Gasteiger partial charge in [-0.05, 0) is 19.1 Å². The highest BCUT2D eigenvalue weighted by molar-refractivity contribution is 5.96. The topological polar surface area (TPSA) is 71.9 Å². The van der Waals surface area contributed by atoms with Crippen molar-refractivity contribution in [1.82, 2.24) is 9.55 Å². The quantitative estimate of drug-likeness (QED) is 0.834. The molecule has 0 bridgehead atoms. The van der Waals surface area contributed by atoms with Crippen molar-refractivity contribution in [3.63, 3.8) is 0 Å². The average Bonchev–Trinajstić information content (AvgIpc) is 2.36. The van der Waals surface area contributed by atoms with E-state index in [4.69, 9.17) is 0 Å². The Labute approximate surface area is 107 Å². The Morgan fingerprint density at radius 2 is 2.00 bits per heavy atom. The highest BCUT2D eigenvalue weighted by Crippen LogP contribution is 2.07. The van der Waals surface area contributed by atoms with E-state index in [0.29, 0.717) is 5.56 Å². The molecule has 1 N–H and O–H groups in total. The number of Topliss-reactive ketones (excluding diaryl/α,β-unsaturated/α-hetero) is 1. The van der Waals surface area contributed by atoms with Gasteiger partial charge in [0.05, 0.1) is 12.1 Å². The minimum Gasteiger partial charge on any atom is -0.293 e. The second-order valence-electron chi connectivity index (χ2n) is 4.10. The van der Waals surface area contributed by atoms with Crippen molar-refractivity contribution in [2.75, 3.05) is 0 Å².